The van der Waals surface area contributed by atoms with Crippen LogP contribution in [0.1, 0.15) is 5.56 Å². The van der Waals surface area contributed by atoms with E-state index in [2.05, 4.69) is 9.98 Å². The molecule has 0 bridgehead atoms. The fraction of sp³-hybridized carbons (Fsp3) is 0.200. The Hall–Kier alpha value is -1.56. The summed E-state index contributed by atoms with van der Waals surface area (Å²) in [5.41, 5.74) is 0.520. The van der Waals surface area contributed by atoms with Crippen LogP contribution in [0.15, 0.2) is 34.3 Å². The normalized spacial score (nSPS) is 15.2. The van der Waals surface area contributed by atoms with Crippen LogP contribution in [0.2, 0.25) is 0 Å². The first-order valence-electron chi connectivity index (χ1n) is 4.62. The van der Waals surface area contributed by atoms with E-state index < -0.39 is 15.7 Å². The van der Waals surface area contributed by atoms with Gasteiger partial charge in [-0.2, -0.15) is 0 Å². The van der Waals surface area contributed by atoms with Crippen molar-refractivity contribution in [1.82, 2.24) is 0 Å². The van der Waals surface area contributed by atoms with Crippen molar-refractivity contribution in [2.45, 2.75) is 5.75 Å². The molecule has 0 radical (unpaired) electrons. The first kappa shape index (κ1) is 10.9. The third kappa shape index (κ3) is 2.33. The maximum absolute atomic E-state index is 12.6. The molecule has 0 unspecified atom stereocenters. The number of aliphatic imine (C=N–C) groups is 2. The summed E-state index contributed by atoms with van der Waals surface area (Å²) in [4.78, 5) is 7.44. The maximum atomic E-state index is 12.6. The van der Waals surface area contributed by atoms with Gasteiger partial charge >= 0.3 is 0 Å². The van der Waals surface area contributed by atoms with Crippen LogP contribution < -0.4 is 0 Å². The molecule has 1 aliphatic rings. The SMILES string of the molecule is O=S(=O)(Cc1ccc(F)cc1)C1=NCC=N1. The second kappa shape index (κ2) is 4.13. The van der Waals surface area contributed by atoms with Gasteiger partial charge in [0.25, 0.3) is 0 Å². The molecule has 0 aromatic heterocycles. The van der Waals surface area contributed by atoms with Crippen molar-refractivity contribution in [2.24, 2.45) is 9.98 Å². The summed E-state index contributed by atoms with van der Waals surface area (Å²) >= 11 is 0. The molecule has 0 atom stereocenters. The van der Waals surface area contributed by atoms with E-state index in [1.54, 1.807) is 0 Å². The molecule has 1 aromatic carbocycles. The molecule has 84 valence electrons. The van der Waals surface area contributed by atoms with Gasteiger partial charge in [-0.25, -0.2) is 17.8 Å². The molecule has 0 aliphatic carbocycles. The number of benzene rings is 1. The molecule has 1 heterocycles. The van der Waals surface area contributed by atoms with E-state index >= 15 is 0 Å². The Labute approximate surface area is 92.5 Å². The van der Waals surface area contributed by atoms with Crippen LogP contribution >= 0.6 is 0 Å². The molecule has 0 saturated carbocycles. The van der Waals surface area contributed by atoms with Gasteiger partial charge in [0, 0.05) is 6.21 Å². The topological polar surface area (TPSA) is 58.9 Å². The molecule has 0 amide bonds. The van der Waals surface area contributed by atoms with Crippen LogP contribution in [0.25, 0.3) is 0 Å². The standard InChI is InChI=1S/C10H9FN2O2S/c11-9-3-1-8(2-4-9)7-16(14,15)10-12-5-6-13-10/h1-5H,6-7H2. The molecule has 6 heteroatoms. The number of amidine groups is 1. The van der Waals surface area contributed by atoms with Crippen molar-refractivity contribution in [3.05, 3.63) is 35.6 Å². The molecule has 0 N–H and O–H groups in total. The Bertz CT molecular complexity index is 547. The van der Waals surface area contributed by atoms with Crippen LogP contribution in [0.4, 0.5) is 4.39 Å². The number of rotatable bonds is 2. The van der Waals surface area contributed by atoms with Crippen molar-refractivity contribution in [2.75, 3.05) is 6.54 Å². The predicted octanol–water partition coefficient (Wildman–Crippen LogP) is 1.18. The molecule has 4 nitrogen and oxygen atoms in total. The summed E-state index contributed by atoms with van der Waals surface area (Å²) in [7, 11) is -3.50. The van der Waals surface area contributed by atoms with Gasteiger partial charge in [0.05, 0.1) is 12.3 Å². The minimum atomic E-state index is -3.50. The zero-order valence-electron chi connectivity index (χ0n) is 8.30. The highest BCUT2D eigenvalue weighted by Gasteiger charge is 2.21. The van der Waals surface area contributed by atoms with Crippen molar-refractivity contribution < 1.29 is 12.8 Å². The lowest BCUT2D eigenvalue weighted by Gasteiger charge is -2.01. The smallest absolute Gasteiger partial charge is 0.242 e. The monoisotopic (exact) mass is 240 g/mol. The summed E-state index contributed by atoms with van der Waals surface area (Å²) in [5, 5.41) is -0.142. The fourth-order valence-corrected chi connectivity index (χ4v) is 2.59. The average Bonchev–Trinajstić information content (AvgIpc) is 2.75. The second-order valence-corrected chi connectivity index (χ2v) is 5.20. The number of hydrogen-bond acceptors (Lipinski definition) is 4. The van der Waals surface area contributed by atoms with Crippen LogP contribution in [-0.4, -0.2) is 26.3 Å². The third-order valence-corrected chi connectivity index (χ3v) is 3.56. The molecule has 0 fully saturated rings. The molecular formula is C10H9FN2O2S. The highest BCUT2D eigenvalue weighted by molar-refractivity contribution is 8.05. The summed E-state index contributed by atoms with van der Waals surface area (Å²) in [6.45, 7) is 0.304. The van der Waals surface area contributed by atoms with Gasteiger partial charge in [0.1, 0.15) is 5.82 Å². The van der Waals surface area contributed by atoms with E-state index in [0.717, 1.165) is 0 Å². The number of halogens is 1. The third-order valence-electron chi connectivity index (χ3n) is 2.06. The van der Waals surface area contributed by atoms with Gasteiger partial charge in [-0.15, -0.1) is 0 Å². The zero-order valence-corrected chi connectivity index (χ0v) is 9.11. The number of hydrogen-bond donors (Lipinski definition) is 0. The van der Waals surface area contributed by atoms with Gasteiger partial charge in [-0.05, 0) is 17.7 Å². The van der Waals surface area contributed by atoms with Crippen LogP contribution in [0.5, 0.6) is 0 Å². The molecule has 1 aliphatic heterocycles. The molecule has 2 rings (SSSR count). The Balaban J connectivity index is 2.21. The van der Waals surface area contributed by atoms with Gasteiger partial charge in [0.15, 0.2) is 0 Å². The first-order valence-corrected chi connectivity index (χ1v) is 6.27. The lowest BCUT2D eigenvalue weighted by Crippen LogP contribution is -2.13. The minimum Gasteiger partial charge on any atom is -0.251 e. The van der Waals surface area contributed by atoms with E-state index in [1.165, 1.54) is 30.5 Å². The van der Waals surface area contributed by atoms with Gasteiger partial charge in [-0.3, -0.25) is 4.99 Å². The van der Waals surface area contributed by atoms with Crippen molar-refractivity contribution in [3.63, 3.8) is 0 Å². The summed E-state index contributed by atoms with van der Waals surface area (Å²) in [5.74, 6) is -0.596. The minimum absolute atomic E-state index is 0.142. The van der Waals surface area contributed by atoms with E-state index in [-0.39, 0.29) is 10.9 Å². The van der Waals surface area contributed by atoms with Gasteiger partial charge in [-0.1, -0.05) is 12.1 Å². The largest absolute Gasteiger partial charge is 0.251 e. The van der Waals surface area contributed by atoms with E-state index in [9.17, 15) is 12.8 Å². The lowest BCUT2D eigenvalue weighted by molar-refractivity contribution is 0.605. The fourth-order valence-electron chi connectivity index (χ4n) is 1.32. The highest BCUT2D eigenvalue weighted by atomic mass is 32.2. The highest BCUT2D eigenvalue weighted by Crippen LogP contribution is 2.11. The number of nitrogens with zero attached hydrogens (tertiary/aromatic N) is 2. The van der Waals surface area contributed by atoms with Crippen molar-refractivity contribution in [3.8, 4) is 0 Å². The van der Waals surface area contributed by atoms with Gasteiger partial charge < -0.3 is 0 Å². The Morgan fingerprint density at radius 2 is 1.94 bits per heavy atom. The number of sulfone groups is 1. The molecule has 16 heavy (non-hydrogen) atoms. The van der Waals surface area contributed by atoms with E-state index in [1.807, 2.05) is 0 Å². The van der Waals surface area contributed by atoms with Crippen molar-refractivity contribution >= 4 is 21.2 Å². The summed E-state index contributed by atoms with van der Waals surface area (Å²) < 4.78 is 36.1. The first-order chi connectivity index (χ1) is 7.58. The van der Waals surface area contributed by atoms with Crippen LogP contribution in [0.3, 0.4) is 0 Å². The Morgan fingerprint density at radius 3 is 2.50 bits per heavy atom. The van der Waals surface area contributed by atoms with Crippen molar-refractivity contribution in [1.29, 1.82) is 0 Å². The molecule has 0 spiro atoms. The Kier molecular flexibility index (Phi) is 2.82. The van der Waals surface area contributed by atoms with E-state index in [4.69, 9.17) is 0 Å². The quantitative estimate of drug-likeness (QED) is 0.779. The molecular weight excluding hydrogens is 231 g/mol. The summed E-state index contributed by atoms with van der Waals surface area (Å²) in [6, 6.07) is 5.33. The molecule has 0 saturated heterocycles. The zero-order chi connectivity index (χ0) is 11.6. The predicted molar refractivity (Wildman–Crippen MR) is 59.8 cm³/mol. The molecule has 1 aromatic rings. The van der Waals surface area contributed by atoms with Gasteiger partial charge in [0.2, 0.25) is 15.0 Å². The van der Waals surface area contributed by atoms with Crippen LogP contribution in [-0.2, 0) is 15.6 Å². The summed E-state index contributed by atoms with van der Waals surface area (Å²) in [6.07, 6.45) is 1.44. The lowest BCUT2D eigenvalue weighted by atomic mass is 10.2. The Morgan fingerprint density at radius 1 is 1.25 bits per heavy atom. The van der Waals surface area contributed by atoms with E-state index in [0.29, 0.717) is 12.1 Å². The maximum Gasteiger partial charge on any atom is 0.242 e. The average molecular weight is 240 g/mol. The van der Waals surface area contributed by atoms with Crippen LogP contribution in [0, 0.1) is 5.82 Å². The second-order valence-electron chi connectivity index (χ2n) is 3.32.